The Morgan fingerprint density at radius 2 is 2.24 bits per heavy atom. The summed E-state index contributed by atoms with van der Waals surface area (Å²) in [5, 5.41) is 4.90. The Morgan fingerprint density at radius 3 is 3.00 bits per heavy atom. The Balaban J connectivity index is 1.91. The molecule has 1 atom stereocenters. The molecule has 2 aromatic rings. The van der Waals surface area contributed by atoms with Crippen LogP contribution in [-0.2, 0) is 17.6 Å². The number of hydrogen-bond donors (Lipinski definition) is 1. The molecule has 0 saturated carbocycles. The highest BCUT2D eigenvalue weighted by atomic mass is 32.1. The van der Waals surface area contributed by atoms with Gasteiger partial charge in [0, 0.05) is 11.5 Å². The summed E-state index contributed by atoms with van der Waals surface area (Å²) in [5.74, 6) is 1.17. The quantitative estimate of drug-likeness (QED) is 0.879. The van der Waals surface area contributed by atoms with Gasteiger partial charge in [0.15, 0.2) is 0 Å². The second-order valence-corrected chi connectivity index (χ2v) is 6.42. The lowest BCUT2D eigenvalue weighted by molar-refractivity contribution is 0.0478. The fraction of sp³-hybridized carbons (Fsp3) is 0.600. The van der Waals surface area contributed by atoms with Crippen molar-refractivity contribution >= 4 is 16.3 Å². The van der Waals surface area contributed by atoms with Crippen molar-refractivity contribution in [2.45, 2.75) is 52.1 Å². The summed E-state index contributed by atoms with van der Waals surface area (Å²) in [6.45, 7) is 4.74. The van der Waals surface area contributed by atoms with Crippen LogP contribution in [-0.4, -0.2) is 16.7 Å². The summed E-state index contributed by atoms with van der Waals surface area (Å²) in [4.78, 5) is 5.92. The van der Waals surface area contributed by atoms with Gasteiger partial charge in [0.2, 0.25) is 5.82 Å². The third-order valence-corrected chi connectivity index (χ3v) is 4.93. The van der Waals surface area contributed by atoms with Crippen molar-refractivity contribution in [2.24, 2.45) is 0 Å². The lowest BCUT2D eigenvalue weighted by atomic mass is 10.1. The van der Waals surface area contributed by atoms with E-state index in [0.29, 0.717) is 18.3 Å². The van der Waals surface area contributed by atoms with E-state index in [0.717, 1.165) is 36.2 Å². The maximum atomic E-state index is 6.15. The van der Waals surface area contributed by atoms with Crippen LogP contribution in [0.2, 0.25) is 0 Å². The minimum absolute atomic E-state index is 0.0922. The molecule has 0 aromatic carbocycles. The van der Waals surface area contributed by atoms with Crippen molar-refractivity contribution in [2.75, 3.05) is 12.3 Å². The summed E-state index contributed by atoms with van der Waals surface area (Å²) in [6, 6.07) is 0. The van der Waals surface area contributed by atoms with Crippen LogP contribution in [0.3, 0.4) is 0 Å². The Morgan fingerprint density at radius 1 is 1.38 bits per heavy atom. The van der Waals surface area contributed by atoms with Gasteiger partial charge in [-0.05, 0) is 38.2 Å². The first-order valence-electron chi connectivity index (χ1n) is 7.60. The number of hydrogen-bond acceptors (Lipinski definition) is 6. The number of rotatable bonds is 6. The van der Waals surface area contributed by atoms with Crippen LogP contribution >= 0.6 is 11.3 Å². The first kappa shape index (κ1) is 14.5. The highest BCUT2D eigenvalue weighted by Gasteiger charge is 2.27. The normalized spacial score (nSPS) is 15.3. The standard InChI is InChI=1S/C15H21N3O2S/c1-3-6-10(19-4-2)14-17-15(20-18-14)12-9-7-5-8-11(9)21-13(12)16/h10H,3-8,16H2,1-2H3. The zero-order valence-electron chi connectivity index (χ0n) is 12.5. The van der Waals surface area contributed by atoms with E-state index in [1.807, 2.05) is 6.92 Å². The van der Waals surface area contributed by atoms with E-state index in [1.165, 1.54) is 16.9 Å². The van der Waals surface area contributed by atoms with Crippen LogP contribution in [0, 0.1) is 0 Å². The van der Waals surface area contributed by atoms with E-state index in [-0.39, 0.29) is 6.10 Å². The van der Waals surface area contributed by atoms with E-state index in [9.17, 15) is 0 Å². The summed E-state index contributed by atoms with van der Waals surface area (Å²) >= 11 is 1.66. The smallest absolute Gasteiger partial charge is 0.261 e. The first-order chi connectivity index (χ1) is 10.2. The van der Waals surface area contributed by atoms with Gasteiger partial charge in [-0.25, -0.2) is 0 Å². The molecule has 0 spiro atoms. The molecular weight excluding hydrogens is 286 g/mol. The molecule has 2 N–H and O–H groups in total. The number of nitrogens with two attached hydrogens (primary N) is 1. The Labute approximate surface area is 128 Å². The molecule has 21 heavy (non-hydrogen) atoms. The lowest BCUT2D eigenvalue weighted by Gasteiger charge is -2.11. The molecule has 2 heterocycles. The Hall–Kier alpha value is -1.40. The zero-order chi connectivity index (χ0) is 14.8. The fourth-order valence-electron chi connectivity index (χ4n) is 2.88. The summed E-state index contributed by atoms with van der Waals surface area (Å²) in [5.41, 5.74) is 8.40. The van der Waals surface area contributed by atoms with E-state index in [4.69, 9.17) is 15.0 Å². The predicted molar refractivity (Wildman–Crippen MR) is 83.3 cm³/mol. The number of fused-ring (bicyclic) bond motifs is 1. The van der Waals surface area contributed by atoms with Gasteiger partial charge in [0.05, 0.1) is 10.6 Å². The van der Waals surface area contributed by atoms with Crippen LogP contribution in [0.25, 0.3) is 11.5 Å². The Bertz CT molecular complexity index is 614. The summed E-state index contributed by atoms with van der Waals surface area (Å²) in [6.07, 6.45) is 5.18. The van der Waals surface area contributed by atoms with Gasteiger partial charge in [0.25, 0.3) is 5.89 Å². The minimum Gasteiger partial charge on any atom is -0.390 e. The van der Waals surface area contributed by atoms with Crippen LogP contribution in [0.5, 0.6) is 0 Å². The number of aryl methyl sites for hydroxylation is 1. The SMILES string of the molecule is CCCC(OCC)c1noc(-c2c(N)sc3c2CCC3)n1. The van der Waals surface area contributed by atoms with Gasteiger partial charge in [0.1, 0.15) is 6.10 Å². The van der Waals surface area contributed by atoms with E-state index in [2.05, 4.69) is 17.1 Å². The second-order valence-electron chi connectivity index (χ2n) is 5.29. The van der Waals surface area contributed by atoms with Crippen molar-refractivity contribution in [3.05, 3.63) is 16.3 Å². The Kier molecular flexibility index (Phi) is 4.26. The van der Waals surface area contributed by atoms with Gasteiger partial charge in [-0.1, -0.05) is 18.5 Å². The fourth-order valence-corrected chi connectivity index (χ4v) is 4.03. The highest BCUT2D eigenvalue weighted by molar-refractivity contribution is 7.16. The van der Waals surface area contributed by atoms with Crippen LogP contribution in [0.1, 0.15) is 55.5 Å². The molecule has 0 saturated heterocycles. The molecule has 5 nitrogen and oxygen atoms in total. The monoisotopic (exact) mass is 307 g/mol. The molecule has 114 valence electrons. The predicted octanol–water partition coefficient (Wildman–Crippen LogP) is 3.75. The van der Waals surface area contributed by atoms with E-state index in [1.54, 1.807) is 11.3 Å². The number of thiophene rings is 1. The molecule has 0 amide bonds. The molecule has 2 aromatic heterocycles. The third-order valence-electron chi connectivity index (χ3n) is 3.81. The van der Waals surface area contributed by atoms with Crippen LogP contribution < -0.4 is 5.73 Å². The van der Waals surface area contributed by atoms with Crippen molar-refractivity contribution in [1.29, 1.82) is 0 Å². The molecule has 0 radical (unpaired) electrons. The van der Waals surface area contributed by atoms with Crippen molar-refractivity contribution < 1.29 is 9.26 Å². The first-order valence-corrected chi connectivity index (χ1v) is 8.41. The average Bonchev–Trinajstić information content (AvgIpc) is 3.14. The molecule has 1 aliphatic carbocycles. The maximum absolute atomic E-state index is 6.15. The summed E-state index contributed by atoms with van der Waals surface area (Å²) < 4.78 is 11.2. The van der Waals surface area contributed by atoms with Crippen molar-refractivity contribution in [3.63, 3.8) is 0 Å². The number of aromatic nitrogens is 2. The molecular formula is C15H21N3O2S. The zero-order valence-corrected chi connectivity index (χ0v) is 13.3. The molecule has 0 aliphatic heterocycles. The van der Waals surface area contributed by atoms with Gasteiger partial charge < -0.3 is 15.0 Å². The maximum Gasteiger partial charge on any atom is 0.261 e. The topological polar surface area (TPSA) is 74.2 Å². The number of nitrogen functional groups attached to an aromatic ring is 1. The molecule has 1 aliphatic rings. The summed E-state index contributed by atoms with van der Waals surface area (Å²) in [7, 11) is 0. The number of anilines is 1. The second kappa shape index (κ2) is 6.15. The number of nitrogens with zero attached hydrogens (tertiary/aromatic N) is 2. The molecule has 6 heteroatoms. The van der Waals surface area contributed by atoms with Crippen LogP contribution in [0.4, 0.5) is 5.00 Å². The van der Waals surface area contributed by atoms with Gasteiger partial charge >= 0.3 is 0 Å². The van der Waals surface area contributed by atoms with Gasteiger partial charge in [-0.15, -0.1) is 11.3 Å². The molecule has 0 bridgehead atoms. The van der Waals surface area contributed by atoms with E-state index < -0.39 is 0 Å². The molecule has 0 fully saturated rings. The lowest BCUT2D eigenvalue weighted by Crippen LogP contribution is -2.06. The highest BCUT2D eigenvalue weighted by Crippen LogP contribution is 2.43. The molecule has 1 unspecified atom stereocenters. The van der Waals surface area contributed by atoms with Crippen molar-refractivity contribution in [3.8, 4) is 11.5 Å². The average molecular weight is 307 g/mol. The number of ether oxygens (including phenoxy) is 1. The van der Waals surface area contributed by atoms with Gasteiger partial charge in [-0.3, -0.25) is 0 Å². The largest absolute Gasteiger partial charge is 0.390 e. The van der Waals surface area contributed by atoms with E-state index >= 15 is 0 Å². The third kappa shape index (κ3) is 2.70. The van der Waals surface area contributed by atoms with Crippen LogP contribution in [0.15, 0.2) is 4.52 Å². The van der Waals surface area contributed by atoms with Gasteiger partial charge in [-0.2, -0.15) is 4.98 Å². The minimum atomic E-state index is -0.0922. The van der Waals surface area contributed by atoms with Crippen molar-refractivity contribution in [1.82, 2.24) is 10.1 Å². The molecule has 3 rings (SSSR count).